The number of aromatic nitrogens is 2. The summed E-state index contributed by atoms with van der Waals surface area (Å²) in [7, 11) is 0. The summed E-state index contributed by atoms with van der Waals surface area (Å²) in [5.74, 6) is -1.13. The molecule has 0 bridgehead atoms. The van der Waals surface area contributed by atoms with E-state index in [0.29, 0.717) is 0 Å². The molecular weight excluding hydrogens is 333 g/mol. The van der Waals surface area contributed by atoms with Crippen LogP contribution in [0.15, 0.2) is 36.7 Å². The van der Waals surface area contributed by atoms with E-state index in [0.717, 1.165) is 18.5 Å². The summed E-state index contributed by atoms with van der Waals surface area (Å²) >= 11 is 0. The number of ether oxygens (including phenoxy) is 1. The number of nitro groups is 1. The van der Waals surface area contributed by atoms with Gasteiger partial charge in [-0.1, -0.05) is 12.1 Å². The van der Waals surface area contributed by atoms with E-state index in [1.807, 2.05) is 0 Å². The van der Waals surface area contributed by atoms with E-state index in [1.54, 1.807) is 0 Å². The molecule has 0 spiro atoms. The zero-order valence-electron chi connectivity index (χ0n) is 12.0. The van der Waals surface area contributed by atoms with E-state index in [2.05, 4.69) is 15.2 Å². The maximum Gasteiger partial charge on any atom is 0.573 e. The van der Waals surface area contributed by atoms with Gasteiger partial charge in [-0.05, 0) is 12.1 Å². The SMILES string of the molecule is O=C(CCn1cc([N+](=O)[O-])cn1)Nc1ccccc1OC(F)(F)F. The van der Waals surface area contributed by atoms with Crippen LogP contribution in [-0.4, -0.2) is 27.0 Å². The Bertz CT molecular complexity index is 745. The maximum atomic E-state index is 12.3. The third-order valence-corrected chi connectivity index (χ3v) is 2.79. The van der Waals surface area contributed by atoms with Gasteiger partial charge in [0.05, 0.1) is 10.6 Å². The first-order chi connectivity index (χ1) is 11.2. The average Bonchev–Trinajstić information content (AvgIpc) is 2.95. The van der Waals surface area contributed by atoms with Crippen LogP contribution in [0, 0.1) is 10.1 Å². The van der Waals surface area contributed by atoms with Gasteiger partial charge >= 0.3 is 12.0 Å². The number of hydrogen-bond acceptors (Lipinski definition) is 5. The number of aryl methyl sites for hydroxylation is 1. The third-order valence-electron chi connectivity index (χ3n) is 2.79. The molecule has 24 heavy (non-hydrogen) atoms. The van der Waals surface area contributed by atoms with Crippen LogP contribution in [-0.2, 0) is 11.3 Å². The Morgan fingerprint density at radius 3 is 2.71 bits per heavy atom. The minimum atomic E-state index is -4.88. The van der Waals surface area contributed by atoms with Gasteiger partial charge in [0.15, 0.2) is 5.75 Å². The fourth-order valence-electron chi connectivity index (χ4n) is 1.78. The molecule has 0 atom stereocenters. The number of alkyl halides is 3. The van der Waals surface area contributed by atoms with Crippen molar-refractivity contribution in [1.29, 1.82) is 0 Å². The largest absolute Gasteiger partial charge is 0.573 e. The summed E-state index contributed by atoms with van der Waals surface area (Å²) in [6, 6.07) is 5.10. The molecule has 0 aliphatic rings. The lowest BCUT2D eigenvalue weighted by atomic mass is 10.3. The Morgan fingerprint density at radius 2 is 2.08 bits per heavy atom. The number of carbonyl (C=O) groups is 1. The second-order valence-electron chi connectivity index (χ2n) is 4.56. The minimum Gasteiger partial charge on any atom is -0.404 e. The van der Waals surface area contributed by atoms with E-state index >= 15 is 0 Å². The molecule has 8 nitrogen and oxygen atoms in total. The fraction of sp³-hybridized carbons (Fsp3) is 0.231. The lowest BCUT2D eigenvalue weighted by Gasteiger charge is -2.13. The van der Waals surface area contributed by atoms with Gasteiger partial charge in [0.1, 0.15) is 12.4 Å². The molecule has 1 N–H and O–H groups in total. The summed E-state index contributed by atoms with van der Waals surface area (Å²) in [6.45, 7) is 0.0297. The first-order valence-electron chi connectivity index (χ1n) is 6.56. The van der Waals surface area contributed by atoms with Crippen molar-refractivity contribution in [1.82, 2.24) is 9.78 Å². The zero-order valence-corrected chi connectivity index (χ0v) is 12.0. The van der Waals surface area contributed by atoms with E-state index in [9.17, 15) is 28.1 Å². The average molecular weight is 344 g/mol. The molecule has 1 aromatic heterocycles. The van der Waals surface area contributed by atoms with Crippen molar-refractivity contribution in [2.24, 2.45) is 0 Å². The summed E-state index contributed by atoms with van der Waals surface area (Å²) in [5, 5.41) is 16.5. The Labute approximate surface area is 133 Å². The van der Waals surface area contributed by atoms with Crippen molar-refractivity contribution in [3.8, 4) is 5.75 Å². The fourth-order valence-corrected chi connectivity index (χ4v) is 1.78. The van der Waals surface area contributed by atoms with Crippen LogP contribution in [0.4, 0.5) is 24.5 Å². The number of amides is 1. The first-order valence-corrected chi connectivity index (χ1v) is 6.56. The van der Waals surface area contributed by atoms with Crippen LogP contribution in [0.5, 0.6) is 5.75 Å². The standard InChI is InChI=1S/C13H11F3N4O4/c14-13(15,16)24-11-4-2-1-3-10(11)18-12(21)5-6-19-8-9(7-17-19)20(22)23/h1-4,7-8H,5-6H2,(H,18,21). The van der Waals surface area contributed by atoms with E-state index in [4.69, 9.17) is 0 Å². The topological polar surface area (TPSA) is 99.3 Å². The maximum absolute atomic E-state index is 12.3. The van der Waals surface area contributed by atoms with Crippen LogP contribution in [0.3, 0.4) is 0 Å². The number of nitrogens with one attached hydrogen (secondary N) is 1. The number of anilines is 1. The normalized spacial score (nSPS) is 11.1. The highest BCUT2D eigenvalue weighted by Crippen LogP contribution is 2.29. The van der Waals surface area contributed by atoms with Gasteiger partial charge in [0.2, 0.25) is 5.91 Å². The second-order valence-corrected chi connectivity index (χ2v) is 4.56. The highest BCUT2D eigenvalue weighted by atomic mass is 19.4. The Hall–Kier alpha value is -3.11. The summed E-state index contributed by atoms with van der Waals surface area (Å²) in [5.41, 5.74) is -0.356. The molecule has 1 amide bonds. The lowest BCUT2D eigenvalue weighted by Crippen LogP contribution is -2.20. The van der Waals surface area contributed by atoms with Crippen LogP contribution in [0.25, 0.3) is 0 Å². The van der Waals surface area contributed by atoms with E-state index in [-0.39, 0.29) is 24.3 Å². The number of halogens is 3. The number of nitrogens with zero attached hydrogens (tertiary/aromatic N) is 3. The predicted octanol–water partition coefficient (Wildman–Crippen LogP) is 2.72. The summed E-state index contributed by atoms with van der Waals surface area (Å²) < 4.78 is 41.9. The number of para-hydroxylation sites is 2. The van der Waals surface area contributed by atoms with E-state index in [1.165, 1.54) is 22.9 Å². The van der Waals surface area contributed by atoms with Crippen molar-refractivity contribution in [2.75, 3.05) is 5.32 Å². The molecular formula is C13H11F3N4O4. The number of benzene rings is 1. The molecule has 0 aliphatic carbocycles. The van der Waals surface area contributed by atoms with Gasteiger partial charge in [-0.15, -0.1) is 13.2 Å². The van der Waals surface area contributed by atoms with Crippen LogP contribution in [0.1, 0.15) is 6.42 Å². The quantitative estimate of drug-likeness (QED) is 0.642. The molecule has 0 fully saturated rings. The van der Waals surface area contributed by atoms with Crippen molar-refractivity contribution in [2.45, 2.75) is 19.3 Å². The second kappa shape index (κ2) is 6.98. The highest BCUT2D eigenvalue weighted by molar-refractivity contribution is 5.92. The summed E-state index contributed by atoms with van der Waals surface area (Å²) in [6.07, 6.45) is -2.84. The van der Waals surface area contributed by atoms with Crippen molar-refractivity contribution >= 4 is 17.3 Å². The molecule has 0 unspecified atom stereocenters. The number of hydrogen-bond donors (Lipinski definition) is 1. The first kappa shape index (κ1) is 17.2. The van der Waals surface area contributed by atoms with Crippen molar-refractivity contribution in [3.63, 3.8) is 0 Å². The van der Waals surface area contributed by atoms with Gasteiger partial charge < -0.3 is 10.1 Å². The highest BCUT2D eigenvalue weighted by Gasteiger charge is 2.32. The number of rotatable bonds is 6. The lowest BCUT2D eigenvalue weighted by molar-refractivity contribution is -0.385. The van der Waals surface area contributed by atoms with Gasteiger partial charge in [-0.3, -0.25) is 19.6 Å². The third kappa shape index (κ3) is 4.97. The molecule has 2 rings (SSSR count). The van der Waals surface area contributed by atoms with Gasteiger partial charge in [-0.2, -0.15) is 5.10 Å². The molecule has 0 saturated carbocycles. The van der Waals surface area contributed by atoms with Gasteiger partial charge in [0, 0.05) is 13.0 Å². The molecule has 1 heterocycles. The minimum absolute atomic E-state index is 0.0297. The monoisotopic (exact) mass is 344 g/mol. The Balaban J connectivity index is 1.96. The van der Waals surface area contributed by atoms with Crippen LogP contribution in [0.2, 0.25) is 0 Å². The molecule has 128 valence electrons. The van der Waals surface area contributed by atoms with E-state index < -0.39 is 22.9 Å². The van der Waals surface area contributed by atoms with Crippen molar-refractivity contribution < 1.29 is 27.6 Å². The number of carbonyl (C=O) groups excluding carboxylic acids is 1. The molecule has 2 aromatic rings. The van der Waals surface area contributed by atoms with Crippen LogP contribution < -0.4 is 10.1 Å². The van der Waals surface area contributed by atoms with Gasteiger partial charge in [-0.25, -0.2) is 0 Å². The Morgan fingerprint density at radius 1 is 1.38 bits per heavy atom. The predicted molar refractivity (Wildman–Crippen MR) is 75.3 cm³/mol. The Kier molecular flexibility index (Phi) is 5.02. The molecule has 1 aromatic carbocycles. The zero-order chi connectivity index (χ0) is 17.7. The molecule has 0 aliphatic heterocycles. The molecule has 11 heteroatoms. The van der Waals surface area contributed by atoms with Gasteiger partial charge in [0.25, 0.3) is 0 Å². The summed E-state index contributed by atoms with van der Waals surface area (Å²) in [4.78, 5) is 21.7. The van der Waals surface area contributed by atoms with Crippen molar-refractivity contribution in [3.05, 3.63) is 46.8 Å². The molecule has 0 saturated heterocycles. The molecule has 0 radical (unpaired) electrons. The smallest absolute Gasteiger partial charge is 0.404 e. The van der Waals surface area contributed by atoms with Crippen LogP contribution >= 0.6 is 0 Å².